The number of amides is 2. The highest BCUT2D eigenvalue weighted by Gasteiger charge is 2.17. The Kier molecular flexibility index (Phi) is 4.62. The van der Waals surface area contributed by atoms with Crippen LogP contribution in [-0.2, 0) is 4.74 Å². The van der Waals surface area contributed by atoms with E-state index in [1.54, 1.807) is 19.9 Å². The molecule has 2 N–H and O–H groups in total. The Morgan fingerprint density at radius 1 is 1.09 bits per heavy atom. The first kappa shape index (κ1) is 15.8. The van der Waals surface area contributed by atoms with Gasteiger partial charge in [-0.1, -0.05) is 0 Å². The number of esters is 1. The van der Waals surface area contributed by atoms with Crippen LogP contribution in [0.5, 0.6) is 0 Å². The van der Waals surface area contributed by atoms with Gasteiger partial charge in [-0.3, -0.25) is 20.4 Å². The quantitative estimate of drug-likeness (QED) is 0.663. The molecule has 0 aliphatic rings. The second-order valence-corrected chi connectivity index (χ2v) is 5.47. The predicted molar refractivity (Wildman–Crippen MR) is 78.8 cm³/mol. The molecule has 0 aliphatic heterocycles. The SMILES string of the molecule is COC(=O)c1ccc(C(=O)NNC(=O)c2cc(C)oc2C)s1. The highest BCUT2D eigenvalue weighted by Crippen LogP contribution is 2.17. The number of carbonyl (C=O) groups is 3. The maximum absolute atomic E-state index is 11.9. The maximum Gasteiger partial charge on any atom is 0.348 e. The van der Waals surface area contributed by atoms with Crippen molar-refractivity contribution in [3.05, 3.63) is 45.0 Å². The highest BCUT2D eigenvalue weighted by atomic mass is 32.1. The Morgan fingerprint density at radius 3 is 2.32 bits per heavy atom. The van der Waals surface area contributed by atoms with Crippen LogP contribution in [0.3, 0.4) is 0 Å². The van der Waals surface area contributed by atoms with Crippen LogP contribution in [0.4, 0.5) is 0 Å². The van der Waals surface area contributed by atoms with Gasteiger partial charge in [-0.15, -0.1) is 11.3 Å². The van der Waals surface area contributed by atoms with E-state index in [4.69, 9.17) is 4.42 Å². The van der Waals surface area contributed by atoms with Crippen molar-refractivity contribution in [3.63, 3.8) is 0 Å². The lowest BCUT2D eigenvalue weighted by Gasteiger charge is -2.05. The smallest absolute Gasteiger partial charge is 0.348 e. The molecule has 2 amide bonds. The Hall–Kier alpha value is -2.61. The number of ether oxygens (including phenoxy) is 1. The van der Waals surface area contributed by atoms with E-state index in [1.165, 1.54) is 19.2 Å². The zero-order valence-corrected chi connectivity index (χ0v) is 13.0. The fraction of sp³-hybridized carbons (Fsp3) is 0.214. The number of rotatable bonds is 3. The summed E-state index contributed by atoms with van der Waals surface area (Å²) in [7, 11) is 1.26. The summed E-state index contributed by atoms with van der Waals surface area (Å²) in [5.74, 6) is -0.445. The number of carbonyl (C=O) groups excluding carboxylic acids is 3. The number of furan rings is 1. The van der Waals surface area contributed by atoms with Crippen molar-refractivity contribution in [3.8, 4) is 0 Å². The molecule has 7 nitrogen and oxygen atoms in total. The Balaban J connectivity index is 1.98. The average Bonchev–Trinajstić information content (AvgIpc) is 3.10. The minimum Gasteiger partial charge on any atom is -0.466 e. The van der Waals surface area contributed by atoms with Gasteiger partial charge in [-0.05, 0) is 32.0 Å². The molecule has 0 radical (unpaired) electrons. The maximum atomic E-state index is 11.9. The third-order valence-electron chi connectivity index (χ3n) is 2.79. The third-order valence-corrected chi connectivity index (χ3v) is 3.86. The first-order valence-corrected chi connectivity index (χ1v) is 7.10. The van der Waals surface area contributed by atoms with Crippen LogP contribution in [-0.4, -0.2) is 24.9 Å². The zero-order valence-electron chi connectivity index (χ0n) is 12.2. The van der Waals surface area contributed by atoms with Crippen LogP contribution in [0.25, 0.3) is 0 Å². The molecular formula is C14H14N2O5S. The molecule has 2 aromatic heterocycles. The van der Waals surface area contributed by atoms with Crippen LogP contribution in [0, 0.1) is 13.8 Å². The second-order valence-electron chi connectivity index (χ2n) is 4.39. The van der Waals surface area contributed by atoms with Crippen molar-refractivity contribution in [2.75, 3.05) is 7.11 Å². The first-order chi connectivity index (χ1) is 10.4. The molecule has 0 saturated carbocycles. The summed E-state index contributed by atoms with van der Waals surface area (Å²) in [4.78, 5) is 35.7. The van der Waals surface area contributed by atoms with Crippen molar-refractivity contribution in [2.24, 2.45) is 0 Å². The van der Waals surface area contributed by atoms with Gasteiger partial charge in [0.1, 0.15) is 16.4 Å². The number of nitrogens with one attached hydrogen (secondary N) is 2. The molecule has 0 unspecified atom stereocenters. The van der Waals surface area contributed by atoms with E-state index in [-0.39, 0.29) is 4.88 Å². The van der Waals surface area contributed by atoms with Gasteiger partial charge < -0.3 is 9.15 Å². The van der Waals surface area contributed by atoms with Crippen molar-refractivity contribution >= 4 is 29.1 Å². The summed E-state index contributed by atoms with van der Waals surface area (Å²) in [6.07, 6.45) is 0. The zero-order chi connectivity index (χ0) is 16.3. The van der Waals surface area contributed by atoms with Crippen LogP contribution in [0.2, 0.25) is 0 Å². The van der Waals surface area contributed by atoms with Gasteiger partial charge in [0.25, 0.3) is 11.8 Å². The fourth-order valence-corrected chi connectivity index (χ4v) is 2.59. The van der Waals surface area contributed by atoms with Crippen molar-refractivity contribution < 1.29 is 23.5 Å². The second kappa shape index (κ2) is 6.44. The highest BCUT2D eigenvalue weighted by molar-refractivity contribution is 7.15. The topological polar surface area (TPSA) is 97.6 Å². The lowest BCUT2D eigenvalue weighted by molar-refractivity contribution is 0.0606. The first-order valence-electron chi connectivity index (χ1n) is 6.28. The number of hydrogen-bond acceptors (Lipinski definition) is 6. The lowest BCUT2D eigenvalue weighted by Crippen LogP contribution is -2.41. The summed E-state index contributed by atoms with van der Waals surface area (Å²) in [6.45, 7) is 3.38. The molecule has 0 aromatic carbocycles. The van der Waals surface area contributed by atoms with E-state index in [1.807, 2.05) is 0 Å². The van der Waals surface area contributed by atoms with Crippen LogP contribution in [0.1, 0.15) is 41.2 Å². The van der Waals surface area contributed by atoms with E-state index >= 15 is 0 Å². The van der Waals surface area contributed by atoms with Gasteiger partial charge in [-0.25, -0.2) is 4.79 Å². The molecule has 22 heavy (non-hydrogen) atoms. The minimum absolute atomic E-state index is 0.279. The van der Waals surface area contributed by atoms with E-state index in [9.17, 15) is 14.4 Å². The Morgan fingerprint density at radius 2 is 1.73 bits per heavy atom. The molecule has 2 rings (SSSR count). The van der Waals surface area contributed by atoms with Crippen molar-refractivity contribution in [1.29, 1.82) is 0 Å². The molecule has 0 fully saturated rings. The molecule has 8 heteroatoms. The van der Waals surface area contributed by atoms with Gasteiger partial charge in [-0.2, -0.15) is 0 Å². The summed E-state index contributed by atoms with van der Waals surface area (Å²) in [5.41, 5.74) is 4.92. The fourth-order valence-electron chi connectivity index (χ4n) is 1.77. The van der Waals surface area contributed by atoms with E-state index in [2.05, 4.69) is 15.6 Å². The van der Waals surface area contributed by atoms with Gasteiger partial charge in [0.2, 0.25) is 0 Å². The van der Waals surface area contributed by atoms with Crippen LogP contribution >= 0.6 is 11.3 Å². The van der Waals surface area contributed by atoms with E-state index in [0.717, 1.165) is 11.3 Å². The molecule has 0 saturated heterocycles. The molecule has 2 heterocycles. The monoisotopic (exact) mass is 322 g/mol. The molecule has 0 spiro atoms. The third kappa shape index (κ3) is 3.34. The average molecular weight is 322 g/mol. The molecular weight excluding hydrogens is 308 g/mol. The largest absolute Gasteiger partial charge is 0.466 e. The van der Waals surface area contributed by atoms with Gasteiger partial charge in [0.15, 0.2) is 0 Å². The van der Waals surface area contributed by atoms with Crippen LogP contribution < -0.4 is 10.9 Å². The number of methoxy groups -OCH3 is 1. The number of thiophene rings is 1. The molecule has 2 aromatic rings. The van der Waals surface area contributed by atoms with Crippen molar-refractivity contribution in [1.82, 2.24) is 10.9 Å². The molecule has 0 aliphatic carbocycles. The Labute approximate surface area is 130 Å². The molecule has 0 bridgehead atoms. The predicted octanol–water partition coefficient (Wildman–Crippen LogP) is 1.82. The standard InChI is InChI=1S/C14H14N2O5S/c1-7-6-9(8(2)21-7)12(17)15-16-13(18)10-4-5-11(22-10)14(19)20-3/h4-6H,1-3H3,(H,15,17)(H,16,18). The Bertz CT molecular complexity index is 731. The number of hydrogen-bond donors (Lipinski definition) is 2. The summed E-state index contributed by atoms with van der Waals surface area (Å²) >= 11 is 0.972. The van der Waals surface area contributed by atoms with Crippen molar-refractivity contribution in [2.45, 2.75) is 13.8 Å². The van der Waals surface area contributed by atoms with Crippen LogP contribution in [0.15, 0.2) is 22.6 Å². The minimum atomic E-state index is -0.522. The lowest BCUT2D eigenvalue weighted by atomic mass is 10.2. The molecule has 116 valence electrons. The number of aryl methyl sites for hydroxylation is 2. The summed E-state index contributed by atoms with van der Waals surface area (Å²) in [6, 6.07) is 4.54. The number of hydrazine groups is 1. The van der Waals surface area contributed by atoms with E-state index in [0.29, 0.717) is 22.0 Å². The molecule has 0 atom stereocenters. The van der Waals surface area contributed by atoms with Gasteiger partial charge in [0, 0.05) is 0 Å². The summed E-state index contributed by atoms with van der Waals surface area (Å²) in [5, 5.41) is 0. The normalized spacial score (nSPS) is 10.1. The van der Waals surface area contributed by atoms with E-state index < -0.39 is 17.8 Å². The van der Waals surface area contributed by atoms with Gasteiger partial charge >= 0.3 is 5.97 Å². The van der Waals surface area contributed by atoms with Gasteiger partial charge in [0.05, 0.1) is 17.6 Å². The summed E-state index contributed by atoms with van der Waals surface area (Å²) < 4.78 is 9.81.